The molecule has 3 rings (SSSR count). The van der Waals surface area contributed by atoms with Gasteiger partial charge in [0.05, 0.1) is 11.3 Å². The molecular formula is C15H19N3O3. The maximum atomic E-state index is 11.4. The Labute approximate surface area is 123 Å². The van der Waals surface area contributed by atoms with Crippen LogP contribution >= 0.6 is 0 Å². The summed E-state index contributed by atoms with van der Waals surface area (Å²) < 4.78 is 0. The molecule has 1 heterocycles. The predicted molar refractivity (Wildman–Crippen MR) is 80.4 cm³/mol. The van der Waals surface area contributed by atoms with Crippen LogP contribution in [0.1, 0.15) is 32.3 Å². The smallest absolute Gasteiger partial charge is 0.292 e. The molecule has 0 unspecified atom stereocenters. The number of benzene rings is 1. The largest absolute Gasteiger partial charge is 0.379 e. The van der Waals surface area contributed by atoms with Crippen LogP contribution in [-0.4, -0.2) is 17.4 Å². The van der Waals surface area contributed by atoms with Gasteiger partial charge in [0.15, 0.2) is 0 Å². The lowest BCUT2D eigenvalue weighted by atomic mass is 9.92. The number of hydrogen-bond donors (Lipinski definition) is 2. The first-order valence-corrected chi connectivity index (χ1v) is 7.26. The SMILES string of the molecule is CC(C)C1(CNc2cc3c(cc2[N+](=O)[O-])CC(=O)N3)CC1. The third-order valence-electron chi connectivity index (χ3n) is 4.79. The number of nitrogens with one attached hydrogen (secondary N) is 2. The molecule has 1 fully saturated rings. The lowest BCUT2D eigenvalue weighted by molar-refractivity contribution is -0.384. The maximum Gasteiger partial charge on any atom is 0.292 e. The van der Waals surface area contributed by atoms with Gasteiger partial charge in [-0.2, -0.15) is 0 Å². The van der Waals surface area contributed by atoms with Crippen LogP contribution in [0.4, 0.5) is 17.1 Å². The second kappa shape index (κ2) is 4.72. The average molecular weight is 289 g/mol. The Balaban J connectivity index is 1.86. The number of anilines is 2. The van der Waals surface area contributed by atoms with Gasteiger partial charge >= 0.3 is 0 Å². The molecule has 6 nitrogen and oxygen atoms in total. The van der Waals surface area contributed by atoms with E-state index in [0.717, 1.165) is 19.4 Å². The number of nitro benzene ring substituents is 1. The number of amides is 1. The molecule has 0 radical (unpaired) electrons. The standard InChI is InChI=1S/C15H19N3O3/c1-9(2)15(3-4-15)8-16-12-7-11-10(6-14(19)17-11)5-13(12)18(20)21/h5,7,9,16H,3-4,6,8H2,1-2H3,(H,17,19). The van der Waals surface area contributed by atoms with Crippen molar-refractivity contribution in [2.75, 3.05) is 17.2 Å². The van der Waals surface area contributed by atoms with Crippen molar-refractivity contribution in [2.45, 2.75) is 33.1 Å². The van der Waals surface area contributed by atoms with Crippen LogP contribution in [0.15, 0.2) is 12.1 Å². The third-order valence-corrected chi connectivity index (χ3v) is 4.79. The van der Waals surface area contributed by atoms with E-state index >= 15 is 0 Å². The van der Waals surface area contributed by atoms with Gasteiger partial charge < -0.3 is 10.6 Å². The molecule has 1 amide bonds. The van der Waals surface area contributed by atoms with E-state index in [1.807, 2.05) is 0 Å². The van der Waals surface area contributed by atoms with Gasteiger partial charge in [-0.3, -0.25) is 14.9 Å². The fourth-order valence-corrected chi connectivity index (χ4v) is 2.94. The van der Waals surface area contributed by atoms with E-state index < -0.39 is 0 Å². The monoisotopic (exact) mass is 289 g/mol. The van der Waals surface area contributed by atoms with Crippen LogP contribution in [0.3, 0.4) is 0 Å². The van der Waals surface area contributed by atoms with Gasteiger partial charge in [-0.15, -0.1) is 0 Å². The van der Waals surface area contributed by atoms with Crippen LogP contribution in [-0.2, 0) is 11.2 Å². The molecule has 1 aliphatic carbocycles. The number of carbonyl (C=O) groups excluding carboxylic acids is 1. The summed E-state index contributed by atoms with van der Waals surface area (Å²) in [7, 11) is 0. The Bertz CT molecular complexity index is 621. The van der Waals surface area contributed by atoms with Crippen LogP contribution in [0.25, 0.3) is 0 Å². The molecule has 1 aromatic rings. The summed E-state index contributed by atoms with van der Waals surface area (Å²) in [5.74, 6) is 0.440. The van der Waals surface area contributed by atoms with E-state index in [4.69, 9.17) is 0 Å². The van der Waals surface area contributed by atoms with Crippen LogP contribution < -0.4 is 10.6 Å². The summed E-state index contributed by atoms with van der Waals surface area (Å²) in [5.41, 5.74) is 2.18. The van der Waals surface area contributed by atoms with Crippen molar-refractivity contribution < 1.29 is 9.72 Å². The van der Waals surface area contributed by atoms with Crippen molar-refractivity contribution in [3.8, 4) is 0 Å². The molecule has 21 heavy (non-hydrogen) atoms. The molecule has 0 bridgehead atoms. The van der Waals surface area contributed by atoms with Crippen molar-refractivity contribution in [1.82, 2.24) is 0 Å². The molecule has 6 heteroatoms. The second-order valence-electron chi connectivity index (χ2n) is 6.38. The first-order chi connectivity index (χ1) is 9.91. The lowest BCUT2D eigenvalue weighted by Gasteiger charge is -2.21. The van der Waals surface area contributed by atoms with E-state index in [1.54, 1.807) is 6.07 Å². The quantitative estimate of drug-likeness (QED) is 0.644. The molecule has 1 aromatic carbocycles. The molecule has 2 N–H and O–H groups in total. The summed E-state index contributed by atoms with van der Waals surface area (Å²) in [6.07, 6.45) is 2.53. The Morgan fingerprint density at radius 2 is 2.14 bits per heavy atom. The van der Waals surface area contributed by atoms with Crippen LogP contribution in [0.2, 0.25) is 0 Å². The van der Waals surface area contributed by atoms with Crippen molar-refractivity contribution in [3.63, 3.8) is 0 Å². The van der Waals surface area contributed by atoms with Crippen molar-refractivity contribution in [3.05, 3.63) is 27.8 Å². The number of nitro groups is 1. The molecule has 2 aliphatic rings. The van der Waals surface area contributed by atoms with Crippen LogP contribution in [0.5, 0.6) is 0 Å². The fourth-order valence-electron chi connectivity index (χ4n) is 2.94. The van der Waals surface area contributed by atoms with Crippen molar-refractivity contribution in [1.29, 1.82) is 0 Å². The van der Waals surface area contributed by atoms with Gasteiger partial charge in [-0.1, -0.05) is 13.8 Å². The lowest BCUT2D eigenvalue weighted by Crippen LogP contribution is -2.21. The molecular weight excluding hydrogens is 270 g/mol. The minimum atomic E-state index is -0.389. The number of carbonyl (C=O) groups is 1. The van der Waals surface area contributed by atoms with Gasteiger partial charge in [-0.25, -0.2) is 0 Å². The summed E-state index contributed by atoms with van der Waals surface area (Å²) in [4.78, 5) is 22.3. The number of fused-ring (bicyclic) bond motifs is 1. The predicted octanol–water partition coefficient (Wildman–Crippen LogP) is 2.94. The van der Waals surface area contributed by atoms with Gasteiger partial charge in [0.1, 0.15) is 5.69 Å². The normalized spacial score (nSPS) is 18.3. The molecule has 0 aromatic heterocycles. The van der Waals surface area contributed by atoms with Crippen molar-refractivity contribution in [2.24, 2.45) is 11.3 Å². The summed E-state index contributed by atoms with van der Waals surface area (Å²) in [6, 6.07) is 3.19. The molecule has 0 saturated heterocycles. The zero-order chi connectivity index (χ0) is 15.2. The van der Waals surface area contributed by atoms with Gasteiger partial charge in [0.25, 0.3) is 5.69 Å². The minimum absolute atomic E-state index is 0.0461. The molecule has 0 atom stereocenters. The van der Waals surface area contributed by atoms with Gasteiger partial charge in [0, 0.05) is 18.3 Å². The molecule has 112 valence electrons. The highest BCUT2D eigenvalue weighted by atomic mass is 16.6. The van der Waals surface area contributed by atoms with E-state index in [1.165, 1.54) is 6.07 Å². The Morgan fingerprint density at radius 3 is 2.71 bits per heavy atom. The topological polar surface area (TPSA) is 84.3 Å². The molecule has 0 spiro atoms. The number of hydrogen-bond acceptors (Lipinski definition) is 4. The first-order valence-electron chi connectivity index (χ1n) is 7.26. The second-order valence-corrected chi connectivity index (χ2v) is 6.38. The highest BCUT2D eigenvalue weighted by molar-refractivity contribution is 6.00. The molecule has 1 saturated carbocycles. The summed E-state index contributed by atoms with van der Waals surface area (Å²) in [5, 5.41) is 17.2. The Hall–Kier alpha value is -2.11. The number of nitrogens with zero attached hydrogens (tertiary/aromatic N) is 1. The van der Waals surface area contributed by atoms with Crippen molar-refractivity contribution >= 4 is 23.0 Å². The highest BCUT2D eigenvalue weighted by Gasteiger charge is 2.45. The highest BCUT2D eigenvalue weighted by Crippen LogP contribution is 2.52. The maximum absolute atomic E-state index is 11.4. The minimum Gasteiger partial charge on any atom is -0.379 e. The van der Waals surface area contributed by atoms with E-state index in [9.17, 15) is 14.9 Å². The van der Waals surface area contributed by atoms with Gasteiger partial charge in [-0.05, 0) is 35.8 Å². The summed E-state index contributed by atoms with van der Waals surface area (Å²) >= 11 is 0. The fraction of sp³-hybridized carbons (Fsp3) is 0.533. The average Bonchev–Trinajstić information content (AvgIpc) is 3.11. The first kappa shape index (κ1) is 13.9. The zero-order valence-corrected chi connectivity index (χ0v) is 12.2. The zero-order valence-electron chi connectivity index (χ0n) is 12.2. The Kier molecular flexibility index (Phi) is 3.11. The van der Waals surface area contributed by atoms with Gasteiger partial charge in [0.2, 0.25) is 5.91 Å². The number of rotatable bonds is 5. The van der Waals surface area contributed by atoms with E-state index in [2.05, 4.69) is 24.5 Å². The molecule has 1 aliphatic heterocycles. The third kappa shape index (κ3) is 2.46. The van der Waals surface area contributed by atoms with E-state index in [0.29, 0.717) is 22.9 Å². The Morgan fingerprint density at radius 1 is 1.43 bits per heavy atom. The van der Waals surface area contributed by atoms with Crippen LogP contribution in [0, 0.1) is 21.4 Å². The summed E-state index contributed by atoms with van der Waals surface area (Å²) in [6.45, 7) is 5.11. The van der Waals surface area contributed by atoms with E-state index in [-0.39, 0.29) is 28.4 Å².